The summed E-state index contributed by atoms with van der Waals surface area (Å²) in [5.74, 6) is -0.671. The smallest absolute Gasteiger partial charge is 0.344 e. The molecule has 0 aliphatic carbocycles. The molecule has 10 nitrogen and oxygen atoms in total. The van der Waals surface area contributed by atoms with Gasteiger partial charge in [-0.2, -0.15) is 9.78 Å². The number of nitrogens with two attached hydrogens (primary N) is 1. The largest absolute Gasteiger partial charge is 0.397 e. The van der Waals surface area contributed by atoms with Gasteiger partial charge >= 0.3 is 17.8 Å². The highest BCUT2D eigenvalue weighted by Gasteiger charge is 2.22. The summed E-state index contributed by atoms with van der Waals surface area (Å²) in [5.41, 5.74) is 8.35. The van der Waals surface area contributed by atoms with Crippen molar-refractivity contribution in [1.29, 1.82) is 0 Å². The standard InChI is InChI=1S/C20H20N8O2/c21-14-5-3-9-27(12-14)17-7-8-22-11-15(17)24-18(29)19-25-26-20(30-19)28-16-6-2-1-4-13(16)10-23-28/h1-2,4,6-8,10-11,14H,3,5,9,12,21H2,(H,24,29)/t14-/m0/s1. The van der Waals surface area contributed by atoms with Crippen LogP contribution < -0.4 is 16.0 Å². The summed E-state index contributed by atoms with van der Waals surface area (Å²) in [7, 11) is 0. The number of anilines is 2. The molecule has 4 heterocycles. The van der Waals surface area contributed by atoms with E-state index in [0.29, 0.717) is 5.69 Å². The minimum Gasteiger partial charge on any atom is -0.397 e. The normalized spacial score (nSPS) is 16.7. The van der Waals surface area contributed by atoms with Gasteiger partial charge in [0, 0.05) is 30.7 Å². The Balaban J connectivity index is 1.38. The third-order valence-electron chi connectivity index (χ3n) is 5.11. The molecule has 0 radical (unpaired) electrons. The summed E-state index contributed by atoms with van der Waals surface area (Å²) in [6, 6.07) is 9.72. The van der Waals surface area contributed by atoms with Crippen LogP contribution in [0.3, 0.4) is 0 Å². The Bertz CT molecular complexity index is 1200. The van der Waals surface area contributed by atoms with E-state index in [0.717, 1.165) is 42.5 Å². The van der Waals surface area contributed by atoms with Crippen LogP contribution in [0.4, 0.5) is 11.4 Å². The molecule has 10 heteroatoms. The van der Waals surface area contributed by atoms with Crippen LogP contribution in [0, 0.1) is 0 Å². The zero-order valence-corrected chi connectivity index (χ0v) is 16.1. The Hall–Kier alpha value is -3.79. The molecule has 0 saturated carbocycles. The lowest BCUT2D eigenvalue weighted by Crippen LogP contribution is -2.43. The zero-order valence-electron chi connectivity index (χ0n) is 16.1. The predicted molar refractivity (Wildman–Crippen MR) is 111 cm³/mol. The van der Waals surface area contributed by atoms with Gasteiger partial charge in [-0.3, -0.25) is 9.78 Å². The van der Waals surface area contributed by atoms with E-state index in [1.165, 1.54) is 4.68 Å². The molecule has 4 aromatic rings. The first-order valence-corrected chi connectivity index (χ1v) is 9.71. The number of para-hydroxylation sites is 1. The van der Waals surface area contributed by atoms with Gasteiger partial charge in [-0.15, -0.1) is 5.10 Å². The molecule has 1 fully saturated rings. The number of amides is 1. The van der Waals surface area contributed by atoms with E-state index in [-0.39, 0.29) is 17.9 Å². The lowest BCUT2D eigenvalue weighted by molar-refractivity contribution is 0.0989. The van der Waals surface area contributed by atoms with Crippen LogP contribution >= 0.6 is 0 Å². The highest BCUT2D eigenvalue weighted by molar-refractivity contribution is 6.02. The van der Waals surface area contributed by atoms with Crippen LogP contribution in [0.5, 0.6) is 0 Å². The van der Waals surface area contributed by atoms with Gasteiger partial charge in [0.2, 0.25) is 0 Å². The number of carbonyl (C=O) groups excluding carboxylic acids is 1. The number of pyridine rings is 1. The number of piperidine rings is 1. The number of carbonyl (C=O) groups is 1. The van der Waals surface area contributed by atoms with Crippen molar-refractivity contribution in [3.63, 3.8) is 0 Å². The van der Waals surface area contributed by atoms with Crippen molar-refractivity contribution in [2.24, 2.45) is 5.73 Å². The quantitative estimate of drug-likeness (QED) is 0.528. The Labute approximate surface area is 171 Å². The van der Waals surface area contributed by atoms with E-state index in [9.17, 15) is 4.79 Å². The van der Waals surface area contributed by atoms with Crippen LogP contribution in [-0.4, -0.2) is 50.0 Å². The fraction of sp³-hybridized carbons (Fsp3) is 0.250. The third kappa shape index (κ3) is 3.37. The molecule has 1 saturated heterocycles. The van der Waals surface area contributed by atoms with E-state index in [2.05, 4.69) is 30.5 Å². The molecule has 1 aliphatic rings. The fourth-order valence-electron chi connectivity index (χ4n) is 3.68. The molecular formula is C20H20N8O2. The zero-order chi connectivity index (χ0) is 20.5. The summed E-state index contributed by atoms with van der Waals surface area (Å²) in [4.78, 5) is 19.0. The van der Waals surface area contributed by atoms with Crippen molar-refractivity contribution < 1.29 is 9.21 Å². The lowest BCUT2D eigenvalue weighted by atomic mass is 10.1. The molecule has 1 aromatic carbocycles. The Morgan fingerprint density at radius 1 is 1.20 bits per heavy atom. The number of nitrogens with one attached hydrogen (secondary N) is 1. The van der Waals surface area contributed by atoms with Gasteiger partial charge < -0.3 is 20.4 Å². The summed E-state index contributed by atoms with van der Waals surface area (Å²) >= 11 is 0. The molecule has 3 aromatic heterocycles. The highest BCUT2D eigenvalue weighted by Crippen LogP contribution is 2.27. The molecule has 1 amide bonds. The van der Waals surface area contributed by atoms with Gasteiger partial charge in [-0.05, 0) is 25.0 Å². The molecular weight excluding hydrogens is 384 g/mol. The second-order valence-electron chi connectivity index (χ2n) is 7.20. The van der Waals surface area contributed by atoms with Crippen LogP contribution in [0.2, 0.25) is 0 Å². The molecule has 0 spiro atoms. The van der Waals surface area contributed by atoms with Crippen molar-refractivity contribution >= 4 is 28.2 Å². The van der Waals surface area contributed by atoms with Crippen molar-refractivity contribution in [3.05, 3.63) is 54.8 Å². The van der Waals surface area contributed by atoms with Crippen molar-refractivity contribution in [3.8, 4) is 6.01 Å². The second kappa shape index (κ2) is 7.56. The minimum atomic E-state index is -0.513. The topological polar surface area (TPSA) is 128 Å². The average Bonchev–Trinajstić information content (AvgIpc) is 3.41. The molecule has 0 bridgehead atoms. The highest BCUT2D eigenvalue weighted by atomic mass is 16.4. The van der Waals surface area contributed by atoms with Gasteiger partial charge in [0.25, 0.3) is 0 Å². The van der Waals surface area contributed by atoms with Gasteiger partial charge in [0.1, 0.15) is 0 Å². The van der Waals surface area contributed by atoms with E-state index in [4.69, 9.17) is 10.2 Å². The van der Waals surface area contributed by atoms with Crippen LogP contribution in [0.1, 0.15) is 23.5 Å². The number of hydrogen-bond donors (Lipinski definition) is 2. The summed E-state index contributed by atoms with van der Waals surface area (Å²) in [6.45, 7) is 1.60. The van der Waals surface area contributed by atoms with Gasteiger partial charge in [0.15, 0.2) is 0 Å². The van der Waals surface area contributed by atoms with Crippen LogP contribution in [0.15, 0.2) is 53.3 Å². The maximum absolute atomic E-state index is 12.8. The summed E-state index contributed by atoms with van der Waals surface area (Å²) in [6.07, 6.45) is 6.99. The van der Waals surface area contributed by atoms with E-state index < -0.39 is 5.91 Å². The van der Waals surface area contributed by atoms with E-state index in [1.54, 1.807) is 18.6 Å². The van der Waals surface area contributed by atoms with E-state index in [1.807, 2.05) is 30.3 Å². The number of rotatable bonds is 4. The average molecular weight is 404 g/mol. The molecule has 3 N–H and O–H groups in total. The number of aromatic nitrogens is 5. The molecule has 30 heavy (non-hydrogen) atoms. The maximum atomic E-state index is 12.8. The first kappa shape index (κ1) is 18.3. The number of hydrogen-bond acceptors (Lipinski definition) is 8. The Morgan fingerprint density at radius 2 is 2.10 bits per heavy atom. The molecule has 152 valence electrons. The van der Waals surface area contributed by atoms with Gasteiger partial charge in [-0.1, -0.05) is 23.3 Å². The number of fused-ring (bicyclic) bond motifs is 1. The van der Waals surface area contributed by atoms with Crippen LogP contribution in [0.25, 0.3) is 16.9 Å². The molecule has 0 unspecified atom stereocenters. The van der Waals surface area contributed by atoms with Crippen molar-refractivity contribution in [1.82, 2.24) is 25.0 Å². The Morgan fingerprint density at radius 3 is 3.00 bits per heavy atom. The molecule has 1 aliphatic heterocycles. The first-order chi connectivity index (χ1) is 14.7. The maximum Gasteiger partial charge on any atom is 0.344 e. The van der Waals surface area contributed by atoms with Crippen LogP contribution in [-0.2, 0) is 0 Å². The molecule has 1 atom stereocenters. The SMILES string of the molecule is N[C@H]1CCCN(c2ccncc2NC(=O)c2nnc(-n3ncc4ccccc43)o2)C1. The van der Waals surface area contributed by atoms with Crippen molar-refractivity contribution in [2.75, 3.05) is 23.3 Å². The number of nitrogens with zero attached hydrogens (tertiary/aromatic N) is 6. The van der Waals surface area contributed by atoms with Gasteiger partial charge in [-0.25, -0.2) is 0 Å². The monoisotopic (exact) mass is 404 g/mol. The first-order valence-electron chi connectivity index (χ1n) is 9.71. The lowest BCUT2D eigenvalue weighted by Gasteiger charge is -2.33. The summed E-state index contributed by atoms with van der Waals surface area (Å²) in [5, 5.41) is 15.9. The van der Waals surface area contributed by atoms with Gasteiger partial charge in [0.05, 0.1) is 29.3 Å². The Kier molecular flexibility index (Phi) is 4.60. The number of benzene rings is 1. The third-order valence-corrected chi connectivity index (χ3v) is 5.11. The molecule has 5 rings (SSSR count). The fourth-order valence-corrected chi connectivity index (χ4v) is 3.68. The summed E-state index contributed by atoms with van der Waals surface area (Å²) < 4.78 is 7.09. The second-order valence-corrected chi connectivity index (χ2v) is 7.20. The van der Waals surface area contributed by atoms with E-state index >= 15 is 0 Å². The predicted octanol–water partition coefficient (Wildman–Crippen LogP) is 1.98. The minimum absolute atomic E-state index is 0.109. The van der Waals surface area contributed by atoms with Crippen molar-refractivity contribution in [2.45, 2.75) is 18.9 Å².